The molecule has 0 aromatic carbocycles. The highest BCUT2D eigenvalue weighted by molar-refractivity contribution is 5.58. The summed E-state index contributed by atoms with van der Waals surface area (Å²) in [5.74, 6) is 2.44. The number of hydrogen-bond donors (Lipinski definition) is 1. The minimum atomic E-state index is 0.385. The summed E-state index contributed by atoms with van der Waals surface area (Å²) in [5.41, 5.74) is 3.34. The molecule has 2 aliphatic carbocycles. The Kier molecular flexibility index (Phi) is 3.82. The average Bonchev–Trinajstić information content (AvgIpc) is 3.24. The SMILES string of the molecule is CC[C@H]1C=C[C@@H](Nc2nc(-c3ccccn3)nc3c2CCC3)C1. The van der Waals surface area contributed by atoms with Crippen LogP contribution in [0.1, 0.15) is 37.4 Å². The quantitative estimate of drug-likeness (QED) is 0.873. The second-order valence-corrected chi connectivity index (χ2v) is 6.43. The van der Waals surface area contributed by atoms with Crippen molar-refractivity contribution < 1.29 is 0 Å². The van der Waals surface area contributed by atoms with Crippen LogP contribution in [0.3, 0.4) is 0 Å². The molecule has 2 atom stereocenters. The summed E-state index contributed by atoms with van der Waals surface area (Å²) in [5, 5.41) is 3.65. The molecule has 1 N–H and O–H groups in total. The van der Waals surface area contributed by atoms with E-state index in [4.69, 9.17) is 9.97 Å². The van der Waals surface area contributed by atoms with Gasteiger partial charge in [0.05, 0.1) is 0 Å². The summed E-state index contributed by atoms with van der Waals surface area (Å²) in [7, 11) is 0. The van der Waals surface area contributed by atoms with Crippen molar-refractivity contribution in [3.8, 4) is 11.5 Å². The minimum Gasteiger partial charge on any atom is -0.363 e. The molecule has 0 radical (unpaired) electrons. The number of allylic oxidation sites excluding steroid dienone is 1. The molecule has 4 heteroatoms. The standard InChI is InChI=1S/C19H22N4/c1-2-13-9-10-14(12-13)21-18-15-6-5-8-16(15)22-19(23-18)17-7-3-4-11-20-17/h3-4,7,9-11,13-14H,2,5-6,8,12H2,1H3,(H,21,22,23)/t13-,14+/m0/s1. The number of aryl methyl sites for hydroxylation is 1. The minimum absolute atomic E-state index is 0.385. The van der Waals surface area contributed by atoms with Crippen molar-refractivity contribution in [2.75, 3.05) is 5.32 Å². The Hall–Kier alpha value is -2.23. The maximum absolute atomic E-state index is 4.81. The third-order valence-corrected chi connectivity index (χ3v) is 4.85. The van der Waals surface area contributed by atoms with Crippen LogP contribution in [0.4, 0.5) is 5.82 Å². The molecule has 0 fully saturated rings. The normalized spacial score (nSPS) is 22.3. The first kappa shape index (κ1) is 14.4. The Balaban J connectivity index is 1.66. The van der Waals surface area contributed by atoms with Gasteiger partial charge in [0.15, 0.2) is 5.82 Å². The van der Waals surface area contributed by atoms with Crippen molar-refractivity contribution >= 4 is 5.82 Å². The molecular formula is C19H22N4. The fraction of sp³-hybridized carbons (Fsp3) is 0.421. The summed E-state index contributed by atoms with van der Waals surface area (Å²) in [4.78, 5) is 14.0. The second kappa shape index (κ2) is 6.11. The molecule has 0 spiro atoms. The van der Waals surface area contributed by atoms with Gasteiger partial charge in [0.2, 0.25) is 0 Å². The molecule has 2 heterocycles. The average molecular weight is 306 g/mol. The van der Waals surface area contributed by atoms with Crippen LogP contribution >= 0.6 is 0 Å². The Morgan fingerprint density at radius 2 is 2.13 bits per heavy atom. The van der Waals surface area contributed by atoms with E-state index >= 15 is 0 Å². The van der Waals surface area contributed by atoms with Gasteiger partial charge in [0.1, 0.15) is 11.5 Å². The number of anilines is 1. The Bertz CT molecular complexity index is 724. The molecule has 2 aromatic heterocycles. The molecule has 0 saturated heterocycles. The van der Waals surface area contributed by atoms with Gasteiger partial charge in [-0.3, -0.25) is 4.98 Å². The highest BCUT2D eigenvalue weighted by Crippen LogP contribution is 2.31. The first-order valence-corrected chi connectivity index (χ1v) is 8.59. The zero-order chi connectivity index (χ0) is 15.6. The molecule has 0 aliphatic heterocycles. The Labute approximate surface area is 137 Å². The molecule has 2 aromatic rings. The van der Waals surface area contributed by atoms with Gasteiger partial charge in [-0.15, -0.1) is 0 Å². The molecule has 2 aliphatic rings. The van der Waals surface area contributed by atoms with Gasteiger partial charge in [-0.1, -0.05) is 25.1 Å². The van der Waals surface area contributed by atoms with E-state index in [1.807, 2.05) is 18.2 Å². The number of hydrogen-bond acceptors (Lipinski definition) is 4. The molecule has 4 rings (SSSR count). The van der Waals surface area contributed by atoms with Gasteiger partial charge in [-0.25, -0.2) is 9.97 Å². The van der Waals surface area contributed by atoms with E-state index in [1.165, 1.54) is 24.1 Å². The summed E-state index contributed by atoms with van der Waals surface area (Å²) < 4.78 is 0. The van der Waals surface area contributed by atoms with Gasteiger partial charge in [0.25, 0.3) is 0 Å². The molecule has 0 saturated carbocycles. The molecule has 118 valence electrons. The highest BCUT2D eigenvalue weighted by Gasteiger charge is 2.23. The maximum atomic E-state index is 4.81. The zero-order valence-corrected chi connectivity index (χ0v) is 13.5. The van der Waals surface area contributed by atoms with Crippen LogP contribution < -0.4 is 5.32 Å². The third kappa shape index (κ3) is 2.85. The summed E-state index contributed by atoms with van der Waals surface area (Å²) in [6.07, 6.45) is 12.1. The van der Waals surface area contributed by atoms with Crippen molar-refractivity contribution in [2.45, 2.75) is 45.1 Å². The molecule has 0 unspecified atom stereocenters. The van der Waals surface area contributed by atoms with E-state index in [0.29, 0.717) is 12.0 Å². The number of aromatic nitrogens is 3. The van der Waals surface area contributed by atoms with E-state index < -0.39 is 0 Å². The third-order valence-electron chi connectivity index (χ3n) is 4.85. The topological polar surface area (TPSA) is 50.7 Å². The number of rotatable bonds is 4. The molecule has 23 heavy (non-hydrogen) atoms. The van der Waals surface area contributed by atoms with E-state index in [-0.39, 0.29) is 0 Å². The lowest BCUT2D eigenvalue weighted by atomic mass is 10.1. The first-order valence-electron chi connectivity index (χ1n) is 8.59. The van der Waals surface area contributed by atoms with Crippen molar-refractivity contribution in [1.29, 1.82) is 0 Å². The fourth-order valence-corrected chi connectivity index (χ4v) is 3.52. The fourth-order valence-electron chi connectivity index (χ4n) is 3.52. The van der Waals surface area contributed by atoms with E-state index in [2.05, 4.69) is 29.4 Å². The maximum Gasteiger partial charge on any atom is 0.180 e. The summed E-state index contributed by atoms with van der Waals surface area (Å²) in [6.45, 7) is 2.25. The van der Waals surface area contributed by atoms with Crippen LogP contribution in [0, 0.1) is 5.92 Å². The Morgan fingerprint density at radius 1 is 1.17 bits per heavy atom. The van der Waals surface area contributed by atoms with Crippen LogP contribution in [-0.2, 0) is 12.8 Å². The van der Waals surface area contributed by atoms with Crippen LogP contribution in [0.2, 0.25) is 0 Å². The van der Waals surface area contributed by atoms with E-state index in [1.54, 1.807) is 6.20 Å². The number of nitrogens with one attached hydrogen (secondary N) is 1. The molecule has 0 bridgehead atoms. The second-order valence-electron chi connectivity index (χ2n) is 6.43. The smallest absolute Gasteiger partial charge is 0.180 e. The van der Waals surface area contributed by atoms with Crippen LogP contribution in [0.15, 0.2) is 36.5 Å². The predicted octanol–water partition coefficient (Wildman–Crippen LogP) is 3.79. The van der Waals surface area contributed by atoms with Crippen LogP contribution in [0.5, 0.6) is 0 Å². The van der Waals surface area contributed by atoms with Crippen molar-refractivity contribution in [3.63, 3.8) is 0 Å². The highest BCUT2D eigenvalue weighted by atomic mass is 15.1. The van der Waals surface area contributed by atoms with Gasteiger partial charge < -0.3 is 5.32 Å². The number of pyridine rings is 1. The van der Waals surface area contributed by atoms with E-state index in [9.17, 15) is 0 Å². The van der Waals surface area contributed by atoms with Crippen LogP contribution in [0.25, 0.3) is 11.5 Å². The Morgan fingerprint density at radius 3 is 2.91 bits per heavy atom. The molecule has 4 nitrogen and oxygen atoms in total. The lowest BCUT2D eigenvalue weighted by Gasteiger charge is -2.17. The monoisotopic (exact) mass is 306 g/mol. The van der Waals surface area contributed by atoms with Gasteiger partial charge >= 0.3 is 0 Å². The van der Waals surface area contributed by atoms with Crippen molar-refractivity contribution in [1.82, 2.24) is 15.0 Å². The number of nitrogens with zero attached hydrogens (tertiary/aromatic N) is 3. The van der Waals surface area contributed by atoms with Gasteiger partial charge in [0, 0.05) is 23.5 Å². The number of fused-ring (bicyclic) bond motifs is 1. The molecular weight excluding hydrogens is 284 g/mol. The largest absolute Gasteiger partial charge is 0.363 e. The first-order chi connectivity index (χ1) is 11.3. The predicted molar refractivity (Wildman–Crippen MR) is 92.2 cm³/mol. The summed E-state index contributed by atoms with van der Waals surface area (Å²) in [6, 6.07) is 6.27. The van der Waals surface area contributed by atoms with Gasteiger partial charge in [-0.05, 0) is 50.2 Å². The van der Waals surface area contributed by atoms with E-state index in [0.717, 1.165) is 36.6 Å². The van der Waals surface area contributed by atoms with Gasteiger partial charge in [-0.2, -0.15) is 0 Å². The van der Waals surface area contributed by atoms with Crippen LogP contribution in [-0.4, -0.2) is 21.0 Å². The van der Waals surface area contributed by atoms with Crippen molar-refractivity contribution in [2.24, 2.45) is 5.92 Å². The molecule has 0 amide bonds. The van der Waals surface area contributed by atoms with Crippen molar-refractivity contribution in [3.05, 3.63) is 47.8 Å². The lowest BCUT2D eigenvalue weighted by molar-refractivity contribution is 0.587. The lowest BCUT2D eigenvalue weighted by Crippen LogP contribution is -2.18. The zero-order valence-electron chi connectivity index (χ0n) is 13.5. The summed E-state index contributed by atoms with van der Waals surface area (Å²) >= 11 is 0.